The quantitative estimate of drug-likeness (QED) is 0.0658. The molecular weight excluding hydrogens is 767 g/mol. The van der Waals surface area contributed by atoms with Crippen LogP contribution < -0.4 is 16.0 Å². The highest BCUT2D eigenvalue weighted by Crippen LogP contribution is 2.21. The highest BCUT2D eigenvalue weighted by molar-refractivity contribution is 5.95. The highest BCUT2D eigenvalue weighted by atomic mass is 16.5. The topological polar surface area (TPSA) is 192 Å². The minimum Gasteiger partial charge on any atom is -0.449 e. The van der Waals surface area contributed by atoms with Gasteiger partial charge in [-0.3, -0.25) is 28.8 Å². The molecule has 336 valence electrons. The first-order chi connectivity index (χ1) is 28.0. The van der Waals surface area contributed by atoms with Crippen molar-refractivity contribution < 1.29 is 43.4 Å². The SMILES string of the molecule is C/C=C(\C)[C@@H](NC(=O)C(C)C)[C@@H](C)[C@H](O)C/C=C(\C)C(=O)O[C@H](CC(C)C)C(=O)N[C@@H](C)C(=O)N(C)[C@H](Cc1ccccc1)C(=O)N(C)CC(=O)N[C@H](C(C)=O)C(C)CC. The Bertz CT molecular complexity index is 1670. The van der Waals surface area contributed by atoms with Gasteiger partial charge in [0, 0.05) is 37.9 Å². The second-order valence-electron chi connectivity index (χ2n) is 16.9. The third kappa shape index (κ3) is 17.0. The molecule has 1 aromatic carbocycles. The van der Waals surface area contributed by atoms with Crippen LogP contribution in [0.15, 0.2) is 53.6 Å². The van der Waals surface area contributed by atoms with Gasteiger partial charge >= 0.3 is 5.97 Å². The van der Waals surface area contributed by atoms with Gasteiger partial charge in [-0.15, -0.1) is 0 Å². The van der Waals surface area contributed by atoms with Crippen LogP contribution in [0, 0.1) is 23.7 Å². The van der Waals surface area contributed by atoms with Crippen molar-refractivity contribution in [1.29, 1.82) is 0 Å². The van der Waals surface area contributed by atoms with Crippen molar-refractivity contribution in [3.63, 3.8) is 0 Å². The van der Waals surface area contributed by atoms with Crippen LogP contribution in [0.5, 0.6) is 0 Å². The molecular formula is C46H73N5O9. The van der Waals surface area contributed by atoms with Crippen LogP contribution in [0.4, 0.5) is 0 Å². The molecule has 14 nitrogen and oxygen atoms in total. The minimum atomic E-state index is -1.25. The predicted molar refractivity (Wildman–Crippen MR) is 233 cm³/mol. The zero-order valence-electron chi connectivity index (χ0n) is 38.5. The lowest BCUT2D eigenvalue weighted by Crippen LogP contribution is -2.56. The number of carbonyl (C=O) groups excluding carboxylic acids is 7. The molecule has 0 aliphatic rings. The zero-order valence-corrected chi connectivity index (χ0v) is 38.5. The number of allylic oxidation sites excluding steroid dienone is 1. The van der Waals surface area contributed by atoms with Gasteiger partial charge in [0.05, 0.1) is 24.7 Å². The fourth-order valence-electron chi connectivity index (χ4n) is 6.54. The number of likely N-dealkylation sites (N-methyl/N-ethyl adjacent to an activating group) is 2. The number of aliphatic hydroxyl groups is 1. The molecule has 1 unspecified atom stereocenters. The number of carbonyl (C=O) groups is 7. The average Bonchev–Trinajstić information content (AvgIpc) is 3.20. The summed E-state index contributed by atoms with van der Waals surface area (Å²) in [6.45, 7) is 20.7. The molecule has 1 aromatic rings. The van der Waals surface area contributed by atoms with Gasteiger partial charge in [-0.2, -0.15) is 0 Å². The summed E-state index contributed by atoms with van der Waals surface area (Å²) in [5.41, 5.74) is 1.83. The van der Waals surface area contributed by atoms with E-state index in [0.29, 0.717) is 6.42 Å². The Hall–Kier alpha value is -4.85. The molecule has 0 aliphatic carbocycles. The molecule has 0 aromatic heterocycles. The summed E-state index contributed by atoms with van der Waals surface area (Å²) >= 11 is 0. The number of esters is 1. The van der Waals surface area contributed by atoms with Crippen LogP contribution in [0.1, 0.15) is 108 Å². The monoisotopic (exact) mass is 840 g/mol. The molecule has 8 atom stereocenters. The summed E-state index contributed by atoms with van der Waals surface area (Å²) < 4.78 is 5.69. The molecule has 60 heavy (non-hydrogen) atoms. The molecule has 1 rings (SSSR count). The largest absolute Gasteiger partial charge is 0.449 e. The van der Waals surface area contributed by atoms with Gasteiger partial charge in [-0.05, 0) is 64.9 Å². The Morgan fingerprint density at radius 1 is 0.817 bits per heavy atom. The van der Waals surface area contributed by atoms with Crippen molar-refractivity contribution >= 4 is 41.3 Å². The van der Waals surface area contributed by atoms with E-state index in [-0.39, 0.29) is 66.7 Å². The summed E-state index contributed by atoms with van der Waals surface area (Å²) in [4.78, 5) is 95.0. The Morgan fingerprint density at radius 3 is 1.93 bits per heavy atom. The lowest BCUT2D eigenvalue weighted by atomic mass is 9.88. The molecule has 14 heteroatoms. The zero-order chi connectivity index (χ0) is 46.0. The first kappa shape index (κ1) is 53.2. The van der Waals surface area contributed by atoms with E-state index in [0.717, 1.165) is 11.1 Å². The number of hydrogen-bond acceptors (Lipinski definition) is 9. The van der Waals surface area contributed by atoms with Crippen LogP contribution in [0.25, 0.3) is 0 Å². The molecule has 0 saturated heterocycles. The van der Waals surface area contributed by atoms with E-state index < -0.39 is 66.0 Å². The smallest absolute Gasteiger partial charge is 0.334 e. The van der Waals surface area contributed by atoms with E-state index in [1.54, 1.807) is 19.9 Å². The summed E-state index contributed by atoms with van der Waals surface area (Å²) in [5.74, 6) is -4.21. The summed E-state index contributed by atoms with van der Waals surface area (Å²) in [6.07, 6.45) is 2.29. The van der Waals surface area contributed by atoms with Crippen molar-refractivity contribution in [2.75, 3.05) is 20.6 Å². The number of nitrogens with one attached hydrogen (secondary N) is 3. The molecule has 0 heterocycles. The van der Waals surface area contributed by atoms with E-state index in [1.807, 2.05) is 84.9 Å². The van der Waals surface area contributed by atoms with Gasteiger partial charge in [0.25, 0.3) is 5.91 Å². The van der Waals surface area contributed by atoms with Gasteiger partial charge in [0.2, 0.25) is 23.6 Å². The molecule has 0 aliphatic heterocycles. The summed E-state index contributed by atoms with van der Waals surface area (Å²) in [6, 6.07) is 5.77. The summed E-state index contributed by atoms with van der Waals surface area (Å²) in [5, 5.41) is 19.5. The molecule has 0 spiro atoms. The van der Waals surface area contributed by atoms with Crippen molar-refractivity contribution in [2.45, 2.75) is 145 Å². The van der Waals surface area contributed by atoms with Crippen LogP contribution in [-0.4, -0.2) is 113 Å². The van der Waals surface area contributed by atoms with Crippen LogP contribution in [0.3, 0.4) is 0 Å². The first-order valence-corrected chi connectivity index (χ1v) is 21.1. The molecule has 0 radical (unpaired) electrons. The highest BCUT2D eigenvalue weighted by Gasteiger charge is 2.35. The average molecular weight is 840 g/mol. The maximum absolute atomic E-state index is 14.0. The molecule has 0 fully saturated rings. The van der Waals surface area contributed by atoms with E-state index in [2.05, 4.69) is 16.0 Å². The van der Waals surface area contributed by atoms with Gasteiger partial charge < -0.3 is 35.6 Å². The van der Waals surface area contributed by atoms with Crippen molar-refractivity contribution in [1.82, 2.24) is 25.8 Å². The maximum atomic E-state index is 14.0. The predicted octanol–water partition coefficient (Wildman–Crippen LogP) is 4.54. The second kappa shape index (κ2) is 25.7. The molecule has 0 bridgehead atoms. The second-order valence-corrected chi connectivity index (χ2v) is 16.9. The number of Topliss-reactive ketones (excluding diaryl/α,β-unsaturated/α-hetero) is 1. The van der Waals surface area contributed by atoms with Crippen molar-refractivity contribution in [2.24, 2.45) is 23.7 Å². The fraction of sp³-hybridized carbons (Fsp3) is 0.630. The fourth-order valence-corrected chi connectivity index (χ4v) is 6.54. The first-order valence-electron chi connectivity index (χ1n) is 21.1. The molecule has 0 saturated carbocycles. The van der Waals surface area contributed by atoms with E-state index in [4.69, 9.17) is 4.74 Å². The Kier molecular flexibility index (Phi) is 22.8. The number of rotatable bonds is 24. The number of amides is 5. The van der Waals surface area contributed by atoms with E-state index in [1.165, 1.54) is 44.7 Å². The number of ketones is 1. The van der Waals surface area contributed by atoms with Crippen LogP contribution >= 0.6 is 0 Å². The summed E-state index contributed by atoms with van der Waals surface area (Å²) in [7, 11) is 2.90. The van der Waals surface area contributed by atoms with E-state index in [9.17, 15) is 38.7 Å². The molecule has 5 amide bonds. The van der Waals surface area contributed by atoms with Crippen molar-refractivity contribution in [3.8, 4) is 0 Å². The number of benzene rings is 1. The van der Waals surface area contributed by atoms with Crippen molar-refractivity contribution in [3.05, 3.63) is 59.2 Å². The Morgan fingerprint density at radius 2 is 1.42 bits per heavy atom. The standard InChI is InChI=1S/C46H73N5O9/c1-15-29(7)40(49-42(55)28(5)6)32(10)37(53)23-22-31(9)46(59)60-38(24-27(3)4)43(56)47-33(11)44(57)51(14)36(25-35-20-18-17-19-21-35)45(58)50(13)26-39(54)48-41(34(12)52)30(8)16-2/h15,17-22,27-28,30,32-33,36-38,40-41,53H,16,23-26H2,1-14H3,(H,47,56)(H,48,54)(H,49,55)/b29-15+,31-22+/t30?,32-,33-,36+,37+,38+,40+,41-/m0/s1. The van der Waals surface area contributed by atoms with Crippen LogP contribution in [-0.2, 0) is 44.7 Å². The number of nitrogens with zero attached hydrogens (tertiary/aromatic N) is 2. The third-order valence-corrected chi connectivity index (χ3v) is 10.9. The van der Waals surface area contributed by atoms with Gasteiger partial charge in [-0.25, -0.2) is 4.79 Å². The van der Waals surface area contributed by atoms with Gasteiger partial charge in [0.15, 0.2) is 11.9 Å². The van der Waals surface area contributed by atoms with E-state index >= 15 is 0 Å². The van der Waals surface area contributed by atoms with Gasteiger partial charge in [-0.1, -0.05) is 103 Å². The van der Waals surface area contributed by atoms with Gasteiger partial charge in [0.1, 0.15) is 12.1 Å². The third-order valence-electron chi connectivity index (χ3n) is 10.9. The number of ether oxygens (including phenoxy) is 1. The number of aliphatic hydroxyl groups excluding tert-OH is 1. The normalized spacial score (nSPS) is 16.0. The van der Waals surface area contributed by atoms with Crippen LogP contribution in [0.2, 0.25) is 0 Å². The Balaban J connectivity index is 3.18. The minimum absolute atomic E-state index is 0.0708. The Labute approximate surface area is 358 Å². The maximum Gasteiger partial charge on any atom is 0.334 e. The lowest BCUT2D eigenvalue weighted by Gasteiger charge is -2.33. The molecule has 4 N–H and O–H groups in total. The lowest BCUT2D eigenvalue weighted by molar-refractivity contribution is -0.154. The number of hydrogen-bond donors (Lipinski definition) is 4.